The number of hydrogen-bond donors (Lipinski definition) is 2. The minimum atomic E-state index is -0.513. The number of carbonyl (C=O) groups is 3. The Balaban J connectivity index is 1.28. The Morgan fingerprint density at radius 2 is 1.27 bits per heavy atom. The standard InChI is InChI=1S/C26H26N2O5/c29-24(15-16-26(31)32-18-17-20-7-3-1-4-8-20)27-28-25(30)19-33-23-13-11-22(12-14-23)21-9-5-2-6-10-21/h1-14H,15-19H2,(H,27,29)(H,28,30). The number of nitrogens with one attached hydrogen (secondary N) is 2. The molecule has 2 amide bonds. The number of carbonyl (C=O) groups excluding carboxylic acids is 3. The molecule has 0 radical (unpaired) electrons. The Hall–Kier alpha value is -4.13. The van der Waals surface area contributed by atoms with Gasteiger partial charge in [0, 0.05) is 12.8 Å². The second kappa shape index (κ2) is 12.7. The number of rotatable bonds is 10. The van der Waals surface area contributed by atoms with Crippen molar-refractivity contribution in [3.8, 4) is 16.9 Å². The highest BCUT2D eigenvalue weighted by atomic mass is 16.5. The van der Waals surface area contributed by atoms with E-state index in [-0.39, 0.29) is 26.1 Å². The van der Waals surface area contributed by atoms with Crippen molar-refractivity contribution < 1.29 is 23.9 Å². The van der Waals surface area contributed by atoms with Gasteiger partial charge in [0.2, 0.25) is 5.91 Å². The van der Waals surface area contributed by atoms with Crippen LogP contribution in [0.2, 0.25) is 0 Å². The number of amides is 2. The van der Waals surface area contributed by atoms with E-state index in [1.54, 1.807) is 12.1 Å². The zero-order valence-corrected chi connectivity index (χ0v) is 18.2. The van der Waals surface area contributed by atoms with E-state index in [0.29, 0.717) is 12.2 Å². The van der Waals surface area contributed by atoms with Crippen molar-refractivity contribution in [3.63, 3.8) is 0 Å². The van der Waals surface area contributed by atoms with E-state index in [9.17, 15) is 14.4 Å². The van der Waals surface area contributed by atoms with E-state index in [4.69, 9.17) is 9.47 Å². The van der Waals surface area contributed by atoms with Crippen LogP contribution in [0.25, 0.3) is 11.1 Å². The Morgan fingerprint density at radius 3 is 1.97 bits per heavy atom. The van der Waals surface area contributed by atoms with Gasteiger partial charge in [-0.1, -0.05) is 72.8 Å². The summed E-state index contributed by atoms with van der Waals surface area (Å²) in [6.45, 7) is -0.00262. The molecular formula is C26H26N2O5. The van der Waals surface area contributed by atoms with Crippen molar-refractivity contribution in [2.45, 2.75) is 19.3 Å². The predicted molar refractivity (Wildman–Crippen MR) is 124 cm³/mol. The van der Waals surface area contributed by atoms with Crippen molar-refractivity contribution in [2.24, 2.45) is 0 Å². The van der Waals surface area contributed by atoms with E-state index in [1.165, 1.54) is 0 Å². The van der Waals surface area contributed by atoms with Gasteiger partial charge in [0.1, 0.15) is 5.75 Å². The Morgan fingerprint density at radius 1 is 0.667 bits per heavy atom. The van der Waals surface area contributed by atoms with Gasteiger partial charge in [-0.05, 0) is 28.8 Å². The summed E-state index contributed by atoms with van der Waals surface area (Å²) in [6, 6.07) is 26.9. The van der Waals surface area contributed by atoms with Crippen LogP contribution < -0.4 is 15.6 Å². The Kier molecular flexibility index (Phi) is 9.03. The molecule has 7 nitrogen and oxygen atoms in total. The average Bonchev–Trinajstić information content (AvgIpc) is 2.86. The first-order valence-electron chi connectivity index (χ1n) is 10.7. The maximum Gasteiger partial charge on any atom is 0.306 e. The van der Waals surface area contributed by atoms with Gasteiger partial charge < -0.3 is 9.47 Å². The van der Waals surface area contributed by atoms with Crippen LogP contribution in [-0.2, 0) is 25.5 Å². The van der Waals surface area contributed by atoms with Crippen LogP contribution in [0.15, 0.2) is 84.9 Å². The van der Waals surface area contributed by atoms with E-state index in [1.807, 2.05) is 72.8 Å². The molecule has 33 heavy (non-hydrogen) atoms. The van der Waals surface area contributed by atoms with Crippen molar-refractivity contribution in [2.75, 3.05) is 13.2 Å². The quantitative estimate of drug-likeness (QED) is 0.368. The molecule has 0 unspecified atom stereocenters. The molecule has 2 N–H and O–H groups in total. The predicted octanol–water partition coefficient (Wildman–Crippen LogP) is 3.45. The normalized spacial score (nSPS) is 10.2. The summed E-state index contributed by atoms with van der Waals surface area (Å²) in [7, 11) is 0. The molecule has 0 aliphatic rings. The van der Waals surface area contributed by atoms with Gasteiger partial charge in [0.05, 0.1) is 13.0 Å². The van der Waals surface area contributed by atoms with Gasteiger partial charge in [-0.3, -0.25) is 25.2 Å². The van der Waals surface area contributed by atoms with Crippen molar-refractivity contribution in [1.29, 1.82) is 0 Å². The van der Waals surface area contributed by atoms with Gasteiger partial charge in [0.15, 0.2) is 6.61 Å². The summed E-state index contributed by atoms with van der Waals surface area (Å²) < 4.78 is 10.6. The number of ether oxygens (including phenoxy) is 2. The lowest BCUT2D eigenvalue weighted by Gasteiger charge is -2.09. The smallest absolute Gasteiger partial charge is 0.306 e. The highest BCUT2D eigenvalue weighted by Crippen LogP contribution is 2.21. The fourth-order valence-electron chi connectivity index (χ4n) is 2.98. The summed E-state index contributed by atoms with van der Waals surface area (Å²) in [5.41, 5.74) is 7.72. The second-order valence-corrected chi connectivity index (χ2v) is 7.23. The van der Waals surface area contributed by atoms with Crippen molar-refractivity contribution in [3.05, 3.63) is 90.5 Å². The zero-order chi connectivity index (χ0) is 23.3. The zero-order valence-electron chi connectivity index (χ0n) is 18.2. The largest absolute Gasteiger partial charge is 0.484 e. The molecule has 3 aromatic carbocycles. The minimum absolute atomic E-state index is 0.0687. The summed E-state index contributed by atoms with van der Waals surface area (Å²) in [5, 5.41) is 0. The molecule has 3 aromatic rings. The van der Waals surface area contributed by atoms with Gasteiger partial charge in [-0.15, -0.1) is 0 Å². The van der Waals surface area contributed by atoms with Crippen LogP contribution >= 0.6 is 0 Å². The molecule has 3 rings (SSSR count). The molecule has 0 bridgehead atoms. The summed E-state index contributed by atoms with van der Waals surface area (Å²) in [5.74, 6) is -0.930. The molecule has 0 atom stereocenters. The van der Waals surface area contributed by atoms with Crippen LogP contribution in [-0.4, -0.2) is 31.0 Å². The molecule has 0 heterocycles. The van der Waals surface area contributed by atoms with Crippen LogP contribution in [0.5, 0.6) is 5.75 Å². The highest BCUT2D eigenvalue weighted by molar-refractivity contribution is 5.84. The summed E-state index contributed by atoms with van der Waals surface area (Å²) >= 11 is 0. The number of esters is 1. The lowest BCUT2D eigenvalue weighted by atomic mass is 10.1. The monoisotopic (exact) mass is 446 g/mol. The average molecular weight is 447 g/mol. The topological polar surface area (TPSA) is 93.7 Å². The molecule has 0 spiro atoms. The molecule has 170 valence electrons. The Bertz CT molecular complexity index is 1040. The molecule has 7 heteroatoms. The number of benzene rings is 3. The number of hydrazine groups is 1. The fraction of sp³-hybridized carbons (Fsp3) is 0.192. The van der Waals surface area contributed by atoms with Gasteiger partial charge >= 0.3 is 5.97 Å². The van der Waals surface area contributed by atoms with E-state index in [2.05, 4.69) is 10.9 Å². The third kappa shape index (κ3) is 8.49. The third-order valence-corrected chi connectivity index (χ3v) is 4.73. The first-order chi connectivity index (χ1) is 16.1. The van der Waals surface area contributed by atoms with E-state index >= 15 is 0 Å². The summed E-state index contributed by atoms with van der Waals surface area (Å²) in [6.07, 6.45) is 0.455. The molecule has 0 saturated carbocycles. The lowest BCUT2D eigenvalue weighted by molar-refractivity contribution is -0.145. The van der Waals surface area contributed by atoms with Crippen LogP contribution in [0, 0.1) is 0 Å². The Labute approximate surface area is 192 Å². The fourth-order valence-corrected chi connectivity index (χ4v) is 2.98. The molecule has 0 aliphatic carbocycles. The SMILES string of the molecule is O=C(CCC(=O)OCCc1ccccc1)NNC(=O)COc1ccc(-c2ccccc2)cc1. The van der Waals surface area contributed by atoms with Gasteiger partial charge in [-0.2, -0.15) is 0 Å². The van der Waals surface area contributed by atoms with E-state index < -0.39 is 17.8 Å². The maximum absolute atomic E-state index is 11.9. The van der Waals surface area contributed by atoms with Crippen LogP contribution in [0.4, 0.5) is 0 Å². The molecule has 0 fully saturated rings. The maximum atomic E-state index is 11.9. The van der Waals surface area contributed by atoms with Crippen LogP contribution in [0.1, 0.15) is 18.4 Å². The van der Waals surface area contributed by atoms with E-state index in [0.717, 1.165) is 16.7 Å². The highest BCUT2D eigenvalue weighted by Gasteiger charge is 2.10. The molecular weight excluding hydrogens is 420 g/mol. The second-order valence-electron chi connectivity index (χ2n) is 7.23. The molecule has 0 aliphatic heterocycles. The van der Waals surface area contributed by atoms with Gasteiger partial charge in [-0.25, -0.2) is 0 Å². The van der Waals surface area contributed by atoms with Crippen molar-refractivity contribution >= 4 is 17.8 Å². The molecule has 0 aromatic heterocycles. The first kappa shape index (κ1) is 23.5. The van der Waals surface area contributed by atoms with Crippen LogP contribution in [0.3, 0.4) is 0 Å². The molecule has 0 saturated heterocycles. The first-order valence-corrected chi connectivity index (χ1v) is 10.7. The third-order valence-electron chi connectivity index (χ3n) is 4.73. The lowest BCUT2D eigenvalue weighted by Crippen LogP contribution is -2.43. The summed E-state index contributed by atoms with van der Waals surface area (Å²) in [4.78, 5) is 35.4. The number of hydrogen-bond acceptors (Lipinski definition) is 5. The van der Waals surface area contributed by atoms with Gasteiger partial charge in [0.25, 0.3) is 5.91 Å². The van der Waals surface area contributed by atoms with Crippen molar-refractivity contribution in [1.82, 2.24) is 10.9 Å². The minimum Gasteiger partial charge on any atom is -0.484 e.